The van der Waals surface area contributed by atoms with Gasteiger partial charge in [0.25, 0.3) is 5.91 Å². The molecule has 1 aliphatic heterocycles. The topological polar surface area (TPSA) is 55.6 Å². The van der Waals surface area contributed by atoms with E-state index in [1.165, 1.54) is 0 Å². The predicted octanol–water partition coefficient (Wildman–Crippen LogP) is 1.52. The maximum absolute atomic E-state index is 12.2. The second-order valence-corrected chi connectivity index (χ2v) is 4.47. The number of carbonyl (C=O) groups excluding carboxylic acids is 1. The van der Waals surface area contributed by atoms with Gasteiger partial charge in [-0.05, 0) is 37.6 Å². The minimum absolute atomic E-state index is 0.0207. The predicted molar refractivity (Wildman–Crippen MR) is 66.8 cm³/mol. The first-order valence-corrected chi connectivity index (χ1v) is 5.84. The summed E-state index contributed by atoms with van der Waals surface area (Å²) in [6, 6.07) is 7.18. The van der Waals surface area contributed by atoms with E-state index in [1.54, 1.807) is 29.2 Å². The zero-order valence-electron chi connectivity index (χ0n) is 10.2. The van der Waals surface area contributed by atoms with E-state index in [4.69, 9.17) is 10.5 Å². The third-order valence-electron chi connectivity index (χ3n) is 3.31. The lowest BCUT2D eigenvalue weighted by molar-refractivity contribution is 0.0574. The second-order valence-electron chi connectivity index (χ2n) is 4.47. The third-order valence-corrected chi connectivity index (χ3v) is 3.31. The number of likely N-dealkylation sites (N-methyl/N-ethyl adjacent to an activating group) is 1. The van der Waals surface area contributed by atoms with Gasteiger partial charge in [0, 0.05) is 24.9 Å². The maximum atomic E-state index is 12.2. The quantitative estimate of drug-likeness (QED) is 0.789. The van der Waals surface area contributed by atoms with Crippen LogP contribution in [0.3, 0.4) is 0 Å². The standard InChI is InChI=1S/C13H18N2O2/c1-9-12(7-8-17-9)15(2)13(16)10-3-5-11(14)6-4-10/h3-6,9,12H,7-8,14H2,1-2H3. The van der Waals surface area contributed by atoms with Crippen LogP contribution in [-0.2, 0) is 4.74 Å². The van der Waals surface area contributed by atoms with Crippen LogP contribution in [0.15, 0.2) is 24.3 Å². The average molecular weight is 234 g/mol. The van der Waals surface area contributed by atoms with Crippen molar-refractivity contribution in [2.24, 2.45) is 0 Å². The van der Waals surface area contributed by atoms with E-state index >= 15 is 0 Å². The molecule has 1 fully saturated rings. The van der Waals surface area contributed by atoms with Gasteiger partial charge in [-0.2, -0.15) is 0 Å². The van der Waals surface area contributed by atoms with E-state index < -0.39 is 0 Å². The van der Waals surface area contributed by atoms with Crippen molar-refractivity contribution < 1.29 is 9.53 Å². The van der Waals surface area contributed by atoms with Gasteiger partial charge in [0.15, 0.2) is 0 Å². The monoisotopic (exact) mass is 234 g/mol. The molecule has 1 saturated heterocycles. The number of nitrogen functional groups attached to an aromatic ring is 1. The van der Waals surface area contributed by atoms with E-state index in [-0.39, 0.29) is 18.1 Å². The highest BCUT2D eigenvalue weighted by molar-refractivity contribution is 5.94. The Kier molecular flexibility index (Phi) is 3.33. The molecule has 1 heterocycles. The highest BCUT2D eigenvalue weighted by Crippen LogP contribution is 2.20. The van der Waals surface area contributed by atoms with Gasteiger partial charge in [-0.15, -0.1) is 0 Å². The first-order valence-electron chi connectivity index (χ1n) is 5.84. The molecular formula is C13H18N2O2. The van der Waals surface area contributed by atoms with Crippen LogP contribution in [0.25, 0.3) is 0 Å². The molecule has 1 aromatic rings. The minimum atomic E-state index is 0.0207. The number of nitrogens with two attached hydrogens (primary N) is 1. The maximum Gasteiger partial charge on any atom is 0.253 e. The SMILES string of the molecule is CC1OCCC1N(C)C(=O)c1ccc(N)cc1. The van der Waals surface area contributed by atoms with Crippen LogP contribution in [-0.4, -0.2) is 36.6 Å². The molecule has 0 spiro atoms. The number of carbonyl (C=O) groups is 1. The smallest absolute Gasteiger partial charge is 0.253 e. The van der Waals surface area contributed by atoms with Crippen molar-refractivity contribution in [1.82, 2.24) is 4.90 Å². The van der Waals surface area contributed by atoms with Gasteiger partial charge in [0.2, 0.25) is 0 Å². The van der Waals surface area contributed by atoms with Crippen molar-refractivity contribution in [3.8, 4) is 0 Å². The molecule has 2 atom stereocenters. The van der Waals surface area contributed by atoms with Crippen LogP contribution in [0.1, 0.15) is 23.7 Å². The van der Waals surface area contributed by atoms with Gasteiger partial charge in [-0.1, -0.05) is 0 Å². The molecule has 0 bridgehead atoms. The number of anilines is 1. The summed E-state index contributed by atoms with van der Waals surface area (Å²) in [6.07, 6.45) is 1.01. The van der Waals surface area contributed by atoms with Crippen LogP contribution in [0.5, 0.6) is 0 Å². The summed E-state index contributed by atoms with van der Waals surface area (Å²) in [5.74, 6) is 0.0207. The number of nitrogens with zero attached hydrogens (tertiary/aromatic N) is 1. The third kappa shape index (κ3) is 2.42. The minimum Gasteiger partial charge on any atom is -0.399 e. The first kappa shape index (κ1) is 11.9. The molecule has 2 N–H and O–H groups in total. The van der Waals surface area contributed by atoms with Crippen molar-refractivity contribution in [2.75, 3.05) is 19.4 Å². The van der Waals surface area contributed by atoms with Crippen LogP contribution >= 0.6 is 0 Å². The number of ether oxygens (including phenoxy) is 1. The molecule has 0 radical (unpaired) electrons. The highest BCUT2D eigenvalue weighted by atomic mass is 16.5. The van der Waals surface area contributed by atoms with E-state index in [0.29, 0.717) is 11.3 Å². The van der Waals surface area contributed by atoms with E-state index in [9.17, 15) is 4.79 Å². The Hall–Kier alpha value is -1.55. The van der Waals surface area contributed by atoms with Crippen LogP contribution in [0.4, 0.5) is 5.69 Å². The Labute approximate surface area is 101 Å². The Balaban J connectivity index is 2.11. The average Bonchev–Trinajstić information content (AvgIpc) is 2.74. The second kappa shape index (κ2) is 4.75. The van der Waals surface area contributed by atoms with Crippen molar-refractivity contribution in [1.29, 1.82) is 0 Å². The lowest BCUT2D eigenvalue weighted by atomic mass is 10.1. The van der Waals surface area contributed by atoms with Gasteiger partial charge in [0.05, 0.1) is 12.1 Å². The fraction of sp³-hybridized carbons (Fsp3) is 0.462. The molecule has 92 valence electrons. The molecule has 17 heavy (non-hydrogen) atoms. The molecule has 1 aromatic carbocycles. The van der Waals surface area contributed by atoms with Crippen LogP contribution < -0.4 is 5.73 Å². The molecule has 0 saturated carbocycles. The Morgan fingerprint density at radius 2 is 2.06 bits per heavy atom. The number of rotatable bonds is 2. The summed E-state index contributed by atoms with van der Waals surface area (Å²) in [7, 11) is 1.83. The molecule has 1 aliphatic rings. The molecule has 0 aromatic heterocycles. The van der Waals surface area contributed by atoms with Crippen LogP contribution in [0, 0.1) is 0 Å². The van der Waals surface area contributed by atoms with Crippen molar-refractivity contribution in [2.45, 2.75) is 25.5 Å². The summed E-state index contributed by atoms with van der Waals surface area (Å²) < 4.78 is 5.48. The number of hydrogen-bond donors (Lipinski definition) is 1. The largest absolute Gasteiger partial charge is 0.399 e. The fourth-order valence-corrected chi connectivity index (χ4v) is 2.21. The van der Waals surface area contributed by atoms with Gasteiger partial charge >= 0.3 is 0 Å². The molecule has 4 heteroatoms. The molecule has 0 aliphatic carbocycles. The summed E-state index contributed by atoms with van der Waals surface area (Å²) in [4.78, 5) is 14.0. The van der Waals surface area contributed by atoms with Crippen molar-refractivity contribution in [3.05, 3.63) is 29.8 Å². The normalized spacial score (nSPS) is 23.6. The molecule has 1 amide bonds. The van der Waals surface area contributed by atoms with Crippen molar-refractivity contribution >= 4 is 11.6 Å². The lowest BCUT2D eigenvalue weighted by Crippen LogP contribution is -2.40. The molecule has 2 rings (SSSR count). The Bertz CT molecular complexity index is 402. The number of hydrogen-bond acceptors (Lipinski definition) is 3. The van der Waals surface area contributed by atoms with Crippen LogP contribution in [0.2, 0.25) is 0 Å². The van der Waals surface area contributed by atoms with E-state index in [2.05, 4.69) is 0 Å². The number of amides is 1. The summed E-state index contributed by atoms with van der Waals surface area (Å²) in [5.41, 5.74) is 6.94. The zero-order valence-corrected chi connectivity index (χ0v) is 10.2. The first-order chi connectivity index (χ1) is 8.09. The molecular weight excluding hydrogens is 216 g/mol. The fourth-order valence-electron chi connectivity index (χ4n) is 2.21. The Morgan fingerprint density at radius 1 is 1.41 bits per heavy atom. The summed E-state index contributed by atoms with van der Waals surface area (Å²) in [6.45, 7) is 2.73. The van der Waals surface area contributed by atoms with E-state index in [1.807, 2.05) is 14.0 Å². The van der Waals surface area contributed by atoms with E-state index in [0.717, 1.165) is 13.0 Å². The highest BCUT2D eigenvalue weighted by Gasteiger charge is 2.30. The summed E-state index contributed by atoms with van der Waals surface area (Å²) in [5, 5.41) is 0. The lowest BCUT2D eigenvalue weighted by Gasteiger charge is -2.26. The Morgan fingerprint density at radius 3 is 2.59 bits per heavy atom. The van der Waals surface area contributed by atoms with Crippen molar-refractivity contribution in [3.63, 3.8) is 0 Å². The molecule has 2 unspecified atom stereocenters. The summed E-state index contributed by atoms with van der Waals surface area (Å²) >= 11 is 0. The van der Waals surface area contributed by atoms with Gasteiger partial charge in [-0.25, -0.2) is 0 Å². The van der Waals surface area contributed by atoms with Gasteiger partial charge in [0.1, 0.15) is 0 Å². The van der Waals surface area contributed by atoms with Gasteiger partial charge in [-0.3, -0.25) is 4.79 Å². The number of benzene rings is 1. The zero-order chi connectivity index (χ0) is 12.4. The molecule has 4 nitrogen and oxygen atoms in total. The van der Waals surface area contributed by atoms with Gasteiger partial charge < -0.3 is 15.4 Å².